The van der Waals surface area contributed by atoms with Crippen molar-refractivity contribution in [3.8, 4) is 11.5 Å². The van der Waals surface area contributed by atoms with Gasteiger partial charge in [-0.1, -0.05) is 18.2 Å². The molecule has 6 heteroatoms. The molecule has 4 rings (SSSR count). The van der Waals surface area contributed by atoms with Crippen LogP contribution in [-0.2, 0) is 4.79 Å². The van der Waals surface area contributed by atoms with Crippen LogP contribution in [0.25, 0.3) is 0 Å². The van der Waals surface area contributed by atoms with E-state index in [1.165, 1.54) is 12.1 Å². The van der Waals surface area contributed by atoms with E-state index in [9.17, 15) is 9.18 Å². The van der Waals surface area contributed by atoms with Gasteiger partial charge in [-0.25, -0.2) is 4.39 Å². The lowest BCUT2D eigenvalue weighted by Gasteiger charge is -2.26. The number of benzene rings is 2. The van der Waals surface area contributed by atoms with Gasteiger partial charge >= 0.3 is 0 Å². The Hall–Kier alpha value is -2.60. The number of halogens is 1. The molecule has 0 radical (unpaired) electrons. The Morgan fingerprint density at radius 3 is 2.71 bits per heavy atom. The van der Waals surface area contributed by atoms with Crippen molar-refractivity contribution in [2.24, 2.45) is 0 Å². The van der Waals surface area contributed by atoms with Crippen LogP contribution in [0.4, 0.5) is 4.39 Å². The minimum atomic E-state index is -0.276. The van der Waals surface area contributed by atoms with Gasteiger partial charge in [-0.2, -0.15) is 0 Å². The topological polar surface area (TPSA) is 50.8 Å². The maximum Gasteiger partial charge on any atom is 0.234 e. The number of likely N-dealkylation sites (tertiary alicyclic amines) is 1. The van der Waals surface area contributed by atoms with E-state index in [1.807, 2.05) is 19.1 Å². The summed E-state index contributed by atoms with van der Waals surface area (Å²) < 4.78 is 24.4. The largest absolute Gasteiger partial charge is 0.486 e. The molecule has 2 aliphatic heterocycles. The molecule has 0 aliphatic carbocycles. The van der Waals surface area contributed by atoms with Crippen LogP contribution in [0.15, 0.2) is 42.5 Å². The van der Waals surface area contributed by atoms with E-state index in [4.69, 9.17) is 9.47 Å². The maximum absolute atomic E-state index is 13.1. The average Bonchev–Trinajstić information content (AvgIpc) is 3.16. The zero-order valence-electron chi connectivity index (χ0n) is 16.0. The normalized spacial score (nSPS) is 20.0. The molecule has 148 valence electrons. The standard InChI is InChI=1S/C22H25FN2O3/c1-15(16-4-7-18(23)8-5-16)24-22(26)14-25-10-2-3-19(25)17-6-9-20-21(13-17)28-12-11-27-20/h4-9,13,15,19H,2-3,10-12,14H2,1H3,(H,24,26)/t15-,19+/m0/s1. The van der Waals surface area contributed by atoms with Crippen LogP contribution in [0.3, 0.4) is 0 Å². The Bertz CT molecular complexity index is 840. The summed E-state index contributed by atoms with van der Waals surface area (Å²) in [5.41, 5.74) is 2.04. The number of rotatable bonds is 5. The summed E-state index contributed by atoms with van der Waals surface area (Å²) in [6, 6.07) is 12.3. The number of fused-ring (bicyclic) bond motifs is 1. The van der Waals surface area contributed by atoms with Crippen LogP contribution < -0.4 is 14.8 Å². The highest BCUT2D eigenvalue weighted by Gasteiger charge is 2.29. The molecule has 1 fully saturated rings. The van der Waals surface area contributed by atoms with Gasteiger partial charge in [-0.3, -0.25) is 9.69 Å². The summed E-state index contributed by atoms with van der Waals surface area (Å²) in [6.45, 7) is 4.28. The van der Waals surface area contributed by atoms with Gasteiger partial charge in [-0.05, 0) is 61.7 Å². The van der Waals surface area contributed by atoms with Gasteiger partial charge in [0.25, 0.3) is 0 Å². The number of amides is 1. The highest BCUT2D eigenvalue weighted by molar-refractivity contribution is 5.78. The highest BCUT2D eigenvalue weighted by atomic mass is 19.1. The number of hydrogen-bond acceptors (Lipinski definition) is 4. The Kier molecular flexibility index (Phi) is 5.48. The van der Waals surface area contributed by atoms with Crippen LogP contribution in [0, 0.1) is 5.82 Å². The van der Waals surface area contributed by atoms with E-state index in [-0.39, 0.29) is 23.8 Å². The van der Waals surface area contributed by atoms with Crippen molar-refractivity contribution in [3.63, 3.8) is 0 Å². The third kappa shape index (κ3) is 4.12. The first-order valence-electron chi connectivity index (χ1n) is 9.78. The van der Waals surface area contributed by atoms with Gasteiger partial charge in [0.05, 0.1) is 12.6 Å². The van der Waals surface area contributed by atoms with E-state index < -0.39 is 0 Å². The Balaban J connectivity index is 1.39. The third-order valence-electron chi connectivity index (χ3n) is 5.41. The fraction of sp³-hybridized carbons (Fsp3) is 0.409. The molecule has 1 N–H and O–H groups in total. The van der Waals surface area contributed by atoms with Crippen molar-refractivity contribution >= 4 is 5.91 Å². The molecule has 0 saturated carbocycles. The molecule has 0 spiro atoms. The van der Waals surface area contributed by atoms with Crippen LogP contribution >= 0.6 is 0 Å². The van der Waals surface area contributed by atoms with E-state index in [2.05, 4.69) is 16.3 Å². The molecule has 2 atom stereocenters. The van der Waals surface area contributed by atoms with E-state index in [0.717, 1.165) is 42.0 Å². The number of nitrogens with zero attached hydrogens (tertiary/aromatic N) is 1. The van der Waals surface area contributed by atoms with Crippen molar-refractivity contribution in [3.05, 3.63) is 59.4 Å². The molecule has 1 amide bonds. The SMILES string of the molecule is C[C@H](NC(=O)CN1CCC[C@@H]1c1ccc2c(c1)OCCO2)c1ccc(F)cc1. The second-order valence-corrected chi connectivity index (χ2v) is 7.37. The Morgan fingerprint density at radius 1 is 1.18 bits per heavy atom. The predicted octanol–water partition coefficient (Wildman–Crippen LogP) is 3.61. The molecule has 28 heavy (non-hydrogen) atoms. The number of carbonyl (C=O) groups is 1. The lowest BCUT2D eigenvalue weighted by atomic mass is 10.0. The number of nitrogens with one attached hydrogen (secondary N) is 1. The first-order valence-corrected chi connectivity index (χ1v) is 9.78. The molecule has 2 aromatic rings. The summed E-state index contributed by atoms with van der Waals surface area (Å²) >= 11 is 0. The highest BCUT2D eigenvalue weighted by Crippen LogP contribution is 2.37. The van der Waals surface area contributed by atoms with E-state index in [0.29, 0.717) is 19.8 Å². The second-order valence-electron chi connectivity index (χ2n) is 7.37. The lowest BCUT2D eigenvalue weighted by molar-refractivity contribution is -0.123. The minimum absolute atomic E-state index is 0.0266. The molecule has 0 unspecified atom stereocenters. The quantitative estimate of drug-likeness (QED) is 0.856. The first kappa shape index (κ1) is 18.7. The minimum Gasteiger partial charge on any atom is -0.486 e. The molecule has 2 aromatic carbocycles. The van der Waals surface area contributed by atoms with Crippen molar-refractivity contribution in [1.29, 1.82) is 0 Å². The lowest BCUT2D eigenvalue weighted by Crippen LogP contribution is -2.38. The maximum atomic E-state index is 13.1. The predicted molar refractivity (Wildman–Crippen MR) is 104 cm³/mol. The fourth-order valence-corrected chi connectivity index (χ4v) is 3.97. The monoisotopic (exact) mass is 384 g/mol. The van der Waals surface area contributed by atoms with Crippen molar-refractivity contribution in [2.75, 3.05) is 26.3 Å². The van der Waals surface area contributed by atoms with Crippen molar-refractivity contribution in [2.45, 2.75) is 31.8 Å². The van der Waals surface area contributed by atoms with Crippen molar-refractivity contribution < 1.29 is 18.7 Å². The molecule has 0 bridgehead atoms. The number of carbonyl (C=O) groups excluding carboxylic acids is 1. The summed E-state index contributed by atoms with van der Waals surface area (Å²) in [7, 11) is 0. The van der Waals surface area contributed by atoms with E-state index in [1.54, 1.807) is 12.1 Å². The van der Waals surface area contributed by atoms with Crippen molar-refractivity contribution in [1.82, 2.24) is 10.2 Å². The van der Waals surface area contributed by atoms with Gasteiger partial charge in [0.2, 0.25) is 5.91 Å². The first-order chi connectivity index (χ1) is 13.6. The fourth-order valence-electron chi connectivity index (χ4n) is 3.97. The van der Waals surface area contributed by atoms with Gasteiger partial charge in [0, 0.05) is 6.04 Å². The summed E-state index contributed by atoms with van der Waals surface area (Å²) in [4.78, 5) is 14.8. The molecule has 5 nitrogen and oxygen atoms in total. The zero-order chi connectivity index (χ0) is 19.5. The summed E-state index contributed by atoms with van der Waals surface area (Å²) in [5, 5.41) is 3.02. The number of ether oxygens (including phenoxy) is 2. The average molecular weight is 384 g/mol. The van der Waals surface area contributed by atoms with Crippen LogP contribution in [-0.4, -0.2) is 37.1 Å². The summed E-state index contributed by atoms with van der Waals surface area (Å²) in [6.07, 6.45) is 2.07. The van der Waals surface area contributed by atoms with Gasteiger partial charge in [-0.15, -0.1) is 0 Å². The molecule has 2 aliphatic rings. The van der Waals surface area contributed by atoms with E-state index >= 15 is 0 Å². The molecule has 2 heterocycles. The molecular formula is C22H25FN2O3. The van der Waals surface area contributed by atoms with Gasteiger partial charge in [0.1, 0.15) is 19.0 Å². The molecule has 0 aromatic heterocycles. The number of hydrogen-bond donors (Lipinski definition) is 1. The van der Waals surface area contributed by atoms with Crippen LogP contribution in [0.5, 0.6) is 11.5 Å². The van der Waals surface area contributed by atoms with Gasteiger partial charge < -0.3 is 14.8 Å². The smallest absolute Gasteiger partial charge is 0.234 e. The van der Waals surface area contributed by atoms with Crippen LogP contribution in [0.1, 0.15) is 43.0 Å². The third-order valence-corrected chi connectivity index (χ3v) is 5.41. The Labute approximate surface area is 164 Å². The summed E-state index contributed by atoms with van der Waals surface area (Å²) in [5.74, 6) is 1.26. The zero-order valence-corrected chi connectivity index (χ0v) is 16.0. The van der Waals surface area contributed by atoms with Gasteiger partial charge in [0.15, 0.2) is 11.5 Å². The van der Waals surface area contributed by atoms with Crippen LogP contribution in [0.2, 0.25) is 0 Å². The molecular weight excluding hydrogens is 359 g/mol. The second kappa shape index (κ2) is 8.19. The molecule has 1 saturated heterocycles. The Morgan fingerprint density at radius 2 is 1.93 bits per heavy atom.